The lowest BCUT2D eigenvalue weighted by Crippen LogP contribution is -2.35. The van der Waals surface area contributed by atoms with Crippen LogP contribution in [0.1, 0.15) is 44.1 Å². The predicted octanol–water partition coefficient (Wildman–Crippen LogP) is 4.04. The summed E-state index contributed by atoms with van der Waals surface area (Å²) in [5.74, 6) is 0.211. The minimum Gasteiger partial charge on any atom is -0.355 e. The van der Waals surface area contributed by atoms with E-state index in [9.17, 15) is 9.59 Å². The van der Waals surface area contributed by atoms with Crippen molar-refractivity contribution in [1.82, 2.24) is 10.2 Å². The fourth-order valence-corrected chi connectivity index (χ4v) is 3.31. The minimum atomic E-state index is -0.00924. The van der Waals surface area contributed by atoms with Crippen LogP contribution in [0.15, 0.2) is 18.2 Å². The van der Waals surface area contributed by atoms with E-state index in [1.165, 1.54) is 6.42 Å². The smallest absolute Gasteiger partial charge is 0.224 e. The number of rotatable bonds is 6. The van der Waals surface area contributed by atoms with Gasteiger partial charge in [-0.05, 0) is 30.5 Å². The Morgan fingerprint density at radius 3 is 2.54 bits per heavy atom. The number of benzene rings is 1. The molecule has 1 aromatic rings. The van der Waals surface area contributed by atoms with Crippen molar-refractivity contribution < 1.29 is 9.59 Å². The van der Waals surface area contributed by atoms with E-state index in [0.717, 1.165) is 31.2 Å². The molecule has 0 spiro atoms. The topological polar surface area (TPSA) is 49.4 Å². The number of nitrogens with one attached hydrogen (secondary N) is 1. The van der Waals surface area contributed by atoms with E-state index in [1.54, 1.807) is 24.1 Å². The number of hydrogen-bond acceptors (Lipinski definition) is 2. The summed E-state index contributed by atoms with van der Waals surface area (Å²) in [6.45, 7) is 0.853. The maximum absolute atomic E-state index is 12.2. The molecule has 1 N–H and O–H groups in total. The molecule has 24 heavy (non-hydrogen) atoms. The van der Waals surface area contributed by atoms with Gasteiger partial charge in [-0.25, -0.2) is 0 Å². The Hall–Kier alpha value is -1.26. The Balaban J connectivity index is 1.73. The van der Waals surface area contributed by atoms with Crippen LogP contribution in [0, 0.1) is 5.92 Å². The molecule has 1 saturated carbocycles. The first-order valence-corrected chi connectivity index (χ1v) is 9.18. The predicted molar refractivity (Wildman–Crippen MR) is 97.1 cm³/mol. The van der Waals surface area contributed by atoms with Gasteiger partial charge in [0.25, 0.3) is 0 Å². The molecular formula is C18H24Cl2N2O2. The van der Waals surface area contributed by atoms with Crippen molar-refractivity contribution in [2.75, 3.05) is 13.6 Å². The van der Waals surface area contributed by atoms with Gasteiger partial charge in [0.1, 0.15) is 0 Å². The SMILES string of the molecule is CN(Cc1ccc(Cl)c(Cl)c1)C(=O)CCNC(=O)C1CCCCC1. The van der Waals surface area contributed by atoms with Gasteiger partial charge in [0.05, 0.1) is 10.0 Å². The Morgan fingerprint density at radius 2 is 1.88 bits per heavy atom. The zero-order valence-electron chi connectivity index (χ0n) is 14.0. The molecule has 0 unspecified atom stereocenters. The quantitative estimate of drug-likeness (QED) is 0.821. The Labute approximate surface area is 153 Å². The van der Waals surface area contributed by atoms with Gasteiger partial charge in [0, 0.05) is 32.5 Å². The van der Waals surface area contributed by atoms with Crippen LogP contribution < -0.4 is 5.32 Å². The van der Waals surface area contributed by atoms with Crippen molar-refractivity contribution in [2.45, 2.75) is 45.1 Å². The fraction of sp³-hybridized carbons (Fsp3) is 0.556. The van der Waals surface area contributed by atoms with Gasteiger partial charge in [0.15, 0.2) is 0 Å². The normalized spacial score (nSPS) is 15.1. The molecule has 132 valence electrons. The monoisotopic (exact) mass is 370 g/mol. The van der Waals surface area contributed by atoms with E-state index in [4.69, 9.17) is 23.2 Å². The highest BCUT2D eigenvalue weighted by atomic mass is 35.5. The number of carbonyl (C=O) groups excluding carboxylic acids is 2. The molecule has 0 aromatic heterocycles. The van der Waals surface area contributed by atoms with Gasteiger partial charge in [-0.15, -0.1) is 0 Å². The van der Waals surface area contributed by atoms with E-state index < -0.39 is 0 Å². The first-order chi connectivity index (χ1) is 11.5. The second-order valence-corrected chi connectivity index (χ2v) is 7.19. The van der Waals surface area contributed by atoms with Gasteiger partial charge in [0.2, 0.25) is 11.8 Å². The molecule has 2 amide bonds. The third-order valence-electron chi connectivity index (χ3n) is 4.44. The van der Waals surface area contributed by atoms with E-state index in [2.05, 4.69) is 5.32 Å². The number of carbonyl (C=O) groups is 2. The maximum atomic E-state index is 12.2. The van der Waals surface area contributed by atoms with E-state index >= 15 is 0 Å². The van der Waals surface area contributed by atoms with Crippen LogP contribution in [-0.4, -0.2) is 30.3 Å². The summed E-state index contributed by atoms with van der Waals surface area (Å²) < 4.78 is 0. The van der Waals surface area contributed by atoms with E-state index in [0.29, 0.717) is 29.6 Å². The molecule has 1 aliphatic rings. The number of hydrogen-bond donors (Lipinski definition) is 1. The van der Waals surface area contributed by atoms with Crippen molar-refractivity contribution in [3.63, 3.8) is 0 Å². The highest BCUT2D eigenvalue weighted by Crippen LogP contribution is 2.24. The van der Waals surface area contributed by atoms with Gasteiger partial charge in [-0.1, -0.05) is 48.5 Å². The van der Waals surface area contributed by atoms with Gasteiger partial charge < -0.3 is 10.2 Å². The summed E-state index contributed by atoms with van der Waals surface area (Å²) in [6, 6.07) is 5.34. The summed E-state index contributed by atoms with van der Waals surface area (Å²) in [5.41, 5.74) is 0.923. The van der Waals surface area contributed by atoms with Crippen molar-refractivity contribution in [3.8, 4) is 0 Å². The molecule has 0 atom stereocenters. The molecule has 6 heteroatoms. The van der Waals surface area contributed by atoms with E-state index in [-0.39, 0.29) is 17.7 Å². The Morgan fingerprint density at radius 1 is 1.17 bits per heavy atom. The van der Waals surface area contributed by atoms with Gasteiger partial charge in [-0.2, -0.15) is 0 Å². The first kappa shape index (κ1) is 19.1. The summed E-state index contributed by atoms with van der Waals surface area (Å²) >= 11 is 11.9. The van der Waals surface area contributed by atoms with Crippen LogP contribution >= 0.6 is 23.2 Å². The number of amides is 2. The van der Waals surface area contributed by atoms with Crippen LogP contribution in [0.25, 0.3) is 0 Å². The zero-order valence-corrected chi connectivity index (χ0v) is 15.5. The highest BCUT2D eigenvalue weighted by molar-refractivity contribution is 6.42. The van der Waals surface area contributed by atoms with Crippen molar-refractivity contribution in [3.05, 3.63) is 33.8 Å². The van der Waals surface area contributed by atoms with Gasteiger partial charge >= 0.3 is 0 Å². The second kappa shape index (κ2) is 9.28. The molecule has 4 nitrogen and oxygen atoms in total. The van der Waals surface area contributed by atoms with Crippen LogP contribution in [0.5, 0.6) is 0 Å². The molecule has 2 rings (SSSR count). The molecule has 0 saturated heterocycles. The summed E-state index contributed by atoms with van der Waals surface area (Å²) in [6.07, 6.45) is 5.72. The molecule has 0 bridgehead atoms. The second-order valence-electron chi connectivity index (χ2n) is 6.37. The Bertz CT molecular complexity index is 586. The average molecular weight is 371 g/mol. The standard InChI is InChI=1S/C18H24Cl2N2O2/c1-22(12-13-7-8-15(19)16(20)11-13)17(23)9-10-21-18(24)14-5-3-2-4-6-14/h7-8,11,14H,2-6,9-10,12H2,1H3,(H,21,24). The van der Waals surface area contributed by atoms with Crippen molar-refractivity contribution >= 4 is 35.0 Å². The van der Waals surface area contributed by atoms with Crippen LogP contribution in [0.4, 0.5) is 0 Å². The molecule has 0 aliphatic heterocycles. The lowest BCUT2D eigenvalue weighted by atomic mass is 9.89. The van der Waals surface area contributed by atoms with Crippen LogP contribution in [-0.2, 0) is 16.1 Å². The molecule has 0 radical (unpaired) electrons. The molecule has 1 fully saturated rings. The van der Waals surface area contributed by atoms with Crippen molar-refractivity contribution in [2.24, 2.45) is 5.92 Å². The minimum absolute atomic E-state index is 0.00924. The highest BCUT2D eigenvalue weighted by Gasteiger charge is 2.21. The third-order valence-corrected chi connectivity index (χ3v) is 5.18. The fourth-order valence-electron chi connectivity index (χ4n) is 2.99. The third kappa shape index (κ3) is 5.67. The van der Waals surface area contributed by atoms with Crippen molar-refractivity contribution in [1.29, 1.82) is 0 Å². The summed E-state index contributed by atoms with van der Waals surface area (Å²) in [4.78, 5) is 25.9. The Kier molecular flexibility index (Phi) is 7.38. The van der Waals surface area contributed by atoms with Gasteiger partial charge in [-0.3, -0.25) is 9.59 Å². The molecule has 1 aromatic carbocycles. The van der Waals surface area contributed by atoms with E-state index in [1.807, 2.05) is 6.07 Å². The number of halogens is 2. The average Bonchev–Trinajstić information content (AvgIpc) is 2.58. The maximum Gasteiger partial charge on any atom is 0.224 e. The molecule has 1 aliphatic carbocycles. The lowest BCUT2D eigenvalue weighted by molar-refractivity contribution is -0.130. The van der Waals surface area contributed by atoms with Crippen LogP contribution in [0.2, 0.25) is 10.0 Å². The molecule has 0 heterocycles. The molecular weight excluding hydrogens is 347 g/mol. The number of nitrogens with zero attached hydrogens (tertiary/aromatic N) is 1. The summed E-state index contributed by atoms with van der Waals surface area (Å²) in [7, 11) is 1.74. The largest absolute Gasteiger partial charge is 0.355 e. The lowest BCUT2D eigenvalue weighted by Gasteiger charge is -2.21. The first-order valence-electron chi connectivity index (χ1n) is 8.43. The van der Waals surface area contributed by atoms with Crippen LogP contribution in [0.3, 0.4) is 0 Å². The summed E-state index contributed by atoms with van der Waals surface area (Å²) in [5, 5.41) is 3.87. The zero-order chi connectivity index (χ0) is 17.5.